The van der Waals surface area contributed by atoms with E-state index in [1.165, 1.54) is 12.2 Å². The van der Waals surface area contributed by atoms with Crippen molar-refractivity contribution < 1.29 is 28.8 Å². The van der Waals surface area contributed by atoms with Crippen molar-refractivity contribution in [3.63, 3.8) is 0 Å². The lowest BCUT2D eigenvalue weighted by molar-refractivity contribution is -0.386. The number of nitro groups is 1. The number of hydrogen-bond donors (Lipinski definition) is 0. The minimum Gasteiger partial charge on any atom is -0.422 e. The van der Waals surface area contributed by atoms with Crippen molar-refractivity contribution in [1.29, 1.82) is 0 Å². The fraction of sp³-hybridized carbons (Fsp3) is 0.105. The van der Waals surface area contributed by atoms with Crippen molar-refractivity contribution in [2.24, 2.45) is 0 Å². The number of allylic oxidation sites excluding steroid dienone is 1. The largest absolute Gasteiger partial charge is 0.422 e. The summed E-state index contributed by atoms with van der Waals surface area (Å²) in [6, 6.07) is 11.2. The third-order valence-electron chi connectivity index (χ3n) is 3.27. The third kappa shape index (κ3) is 5.08. The van der Waals surface area contributed by atoms with Gasteiger partial charge in [0.2, 0.25) is 0 Å². The van der Waals surface area contributed by atoms with Gasteiger partial charge in [-0.3, -0.25) is 24.5 Å². The molecule has 0 spiro atoms. The second-order valence-electron chi connectivity index (χ2n) is 5.34. The molecule has 0 amide bonds. The molecule has 138 valence electrons. The van der Waals surface area contributed by atoms with E-state index in [1.807, 2.05) is 6.07 Å². The van der Waals surface area contributed by atoms with Crippen molar-refractivity contribution in [2.45, 2.75) is 13.8 Å². The van der Waals surface area contributed by atoms with Crippen molar-refractivity contribution in [1.82, 2.24) is 0 Å². The zero-order valence-corrected chi connectivity index (χ0v) is 14.5. The minimum atomic E-state index is -0.866. The number of carbonyl (C=O) groups is 3. The number of rotatable bonds is 6. The summed E-state index contributed by atoms with van der Waals surface area (Å²) in [7, 11) is 0. The predicted molar refractivity (Wildman–Crippen MR) is 95.5 cm³/mol. The van der Waals surface area contributed by atoms with E-state index in [0.717, 1.165) is 31.5 Å². The van der Waals surface area contributed by atoms with Crippen LogP contribution < -0.4 is 9.47 Å². The Kier molecular flexibility index (Phi) is 6.16. The van der Waals surface area contributed by atoms with E-state index >= 15 is 0 Å². The normalized spacial score (nSPS) is 10.4. The fourth-order valence-electron chi connectivity index (χ4n) is 2.24. The maximum absolute atomic E-state index is 12.5. The maximum Gasteiger partial charge on any atom is 0.326 e. The number of hydrogen-bond acceptors (Lipinski definition) is 7. The summed E-state index contributed by atoms with van der Waals surface area (Å²) >= 11 is 0. The smallest absolute Gasteiger partial charge is 0.326 e. The number of esters is 2. The summed E-state index contributed by atoms with van der Waals surface area (Å²) in [5.41, 5.74) is -0.337. The van der Waals surface area contributed by atoms with Gasteiger partial charge in [-0.2, -0.15) is 0 Å². The molecule has 2 rings (SSSR count). The molecule has 0 radical (unpaired) electrons. The van der Waals surface area contributed by atoms with E-state index < -0.39 is 34.1 Å². The first-order chi connectivity index (χ1) is 12.8. The topological polar surface area (TPSA) is 113 Å². The molecule has 2 aromatic carbocycles. The van der Waals surface area contributed by atoms with Crippen molar-refractivity contribution in [2.75, 3.05) is 0 Å². The molecule has 0 aliphatic rings. The highest BCUT2D eigenvalue weighted by Crippen LogP contribution is 2.40. The number of ketones is 1. The predicted octanol–water partition coefficient (Wildman–Crippen LogP) is 3.34. The van der Waals surface area contributed by atoms with Gasteiger partial charge in [0.25, 0.3) is 5.75 Å². The Labute approximate surface area is 154 Å². The summed E-state index contributed by atoms with van der Waals surface area (Å²) < 4.78 is 9.71. The zero-order chi connectivity index (χ0) is 20.0. The molecule has 27 heavy (non-hydrogen) atoms. The Morgan fingerprint density at radius 3 is 2.15 bits per heavy atom. The van der Waals surface area contributed by atoms with Crippen LogP contribution in [0.15, 0.2) is 48.5 Å². The van der Waals surface area contributed by atoms with Gasteiger partial charge in [0, 0.05) is 13.8 Å². The molecular formula is C19H15NO7. The molecule has 0 N–H and O–H groups in total. The van der Waals surface area contributed by atoms with E-state index in [1.54, 1.807) is 24.3 Å². The van der Waals surface area contributed by atoms with Gasteiger partial charge in [-0.25, -0.2) is 0 Å². The Bertz CT molecular complexity index is 933. The van der Waals surface area contributed by atoms with Crippen molar-refractivity contribution >= 4 is 29.5 Å². The van der Waals surface area contributed by atoms with Crippen LogP contribution in [0.1, 0.15) is 29.8 Å². The summed E-state index contributed by atoms with van der Waals surface area (Å²) in [6.45, 7) is 2.12. The number of carbonyl (C=O) groups excluding carboxylic acids is 3. The van der Waals surface area contributed by atoms with Crippen LogP contribution in [0, 0.1) is 10.1 Å². The zero-order valence-electron chi connectivity index (χ0n) is 14.5. The quantitative estimate of drug-likeness (QED) is 0.192. The average Bonchev–Trinajstić information content (AvgIpc) is 2.60. The Morgan fingerprint density at radius 2 is 1.59 bits per heavy atom. The Balaban J connectivity index is 2.53. The van der Waals surface area contributed by atoms with Gasteiger partial charge in [-0.15, -0.1) is 0 Å². The lowest BCUT2D eigenvalue weighted by Gasteiger charge is -2.10. The molecule has 0 aromatic heterocycles. The highest BCUT2D eigenvalue weighted by molar-refractivity contribution is 6.10. The SMILES string of the molecule is CC(=O)Oc1ccc(C(=O)C=Cc2ccccc2)c([N+](=O)[O-])c1OC(C)=O. The lowest BCUT2D eigenvalue weighted by atomic mass is 10.1. The Hall–Kier alpha value is -3.81. The van der Waals surface area contributed by atoms with Gasteiger partial charge in [0.05, 0.1) is 4.92 Å². The number of nitro benzene ring substituents is 1. The van der Waals surface area contributed by atoms with Gasteiger partial charge in [-0.1, -0.05) is 36.4 Å². The molecule has 2 aromatic rings. The van der Waals surface area contributed by atoms with Crippen LogP contribution in [0.5, 0.6) is 11.5 Å². The molecule has 0 saturated heterocycles. The maximum atomic E-state index is 12.5. The van der Waals surface area contributed by atoms with Crippen LogP contribution in [0.4, 0.5) is 5.69 Å². The Morgan fingerprint density at radius 1 is 0.963 bits per heavy atom. The molecule has 0 aliphatic carbocycles. The fourth-order valence-corrected chi connectivity index (χ4v) is 2.24. The van der Waals surface area contributed by atoms with Crippen molar-refractivity contribution in [3.8, 4) is 11.5 Å². The molecular weight excluding hydrogens is 354 g/mol. The van der Waals surface area contributed by atoms with Crippen LogP contribution in [0.25, 0.3) is 6.08 Å². The average molecular weight is 369 g/mol. The van der Waals surface area contributed by atoms with E-state index in [9.17, 15) is 24.5 Å². The molecule has 0 saturated carbocycles. The molecule has 0 aliphatic heterocycles. The second-order valence-corrected chi connectivity index (χ2v) is 5.34. The number of nitrogens with zero attached hydrogens (tertiary/aromatic N) is 1. The summed E-state index contributed by atoms with van der Waals surface area (Å²) in [6.07, 6.45) is 2.66. The second kappa shape index (κ2) is 8.52. The summed E-state index contributed by atoms with van der Waals surface area (Å²) in [4.78, 5) is 45.7. The van der Waals surface area contributed by atoms with Crippen LogP contribution in [-0.4, -0.2) is 22.6 Å². The first kappa shape index (κ1) is 19.5. The van der Waals surface area contributed by atoms with Gasteiger partial charge in [0.15, 0.2) is 11.5 Å². The standard InChI is InChI=1S/C19H15NO7/c1-12(21)26-17-11-9-15(18(20(24)25)19(17)27-13(2)22)16(23)10-8-14-6-4-3-5-7-14/h3-11H,1-2H3. The van der Waals surface area contributed by atoms with Crippen LogP contribution in [0.2, 0.25) is 0 Å². The van der Waals surface area contributed by atoms with E-state index in [0.29, 0.717) is 0 Å². The molecule has 8 nitrogen and oxygen atoms in total. The molecule has 0 unspecified atom stereocenters. The minimum absolute atomic E-state index is 0.306. The van der Waals surface area contributed by atoms with Crippen LogP contribution in [-0.2, 0) is 9.59 Å². The van der Waals surface area contributed by atoms with Crippen LogP contribution in [0.3, 0.4) is 0 Å². The molecule has 0 atom stereocenters. The van der Waals surface area contributed by atoms with Gasteiger partial charge < -0.3 is 9.47 Å². The van der Waals surface area contributed by atoms with E-state index in [-0.39, 0.29) is 11.3 Å². The first-order valence-corrected chi connectivity index (χ1v) is 7.75. The highest BCUT2D eigenvalue weighted by Gasteiger charge is 2.30. The van der Waals surface area contributed by atoms with Gasteiger partial charge >= 0.3 is 17.6 Å². The lowest BCUT2D eigenvalue weighted by Crippen LogP contribution is -2.11. The summed E-state index contributed by atoms with van der Waals surface area (Å²) in [5, 5.41) is 11.5. The molecule has 0 heterocycles. The molecule has 0 bridgehead atoms. The molecule has 0 fully saturated rings. The molecule has 8 heteroatoms. The van der Waals surface area contributed by atoms with Crippen LogP contribution >= 0.6 is 0 Å². The van der Waals surface area contributed by atoms with E-state index in [4.69, 9.17) is 9.47 Å². The van der Waals surface area contributed by atoms with Gasteiger partial charge in [0.1, 0.15) is 5.56 Å². The monoisotopic (exact) mass is 369 g/mol. The highest BCUT2D eigenvalue weighted by atomic mass is 16.6. The van der Waals surface area contributed by atoms with Crippen molar-refractivity contribution in [3.05, 3.63) is 69.8 Å². The third-order valence-corrected chi connectivity index (χ3v) is 3.27. The van der Waals surface area contributed by atoms with E-state index in [2.05, 4.69) is 0 Å². The first-order valence-electron chi connectivity index (χ1n) is 7.75. The summed E-state index contributed by atoms with van der Waals surface area (Å²) in [5.74, 6) is -3.22. The van der Waals surface area contributed by atoms with Gasteiger partial charge in [-0.05, 0) is 23.8 Å². The number of ether oxygens (including phenoxy) is 2. The number of benzene rings is 2.